The predicted molar refractivity (Wildman–Crippen MR) is 201 cm³/mol. The van der Waals surface area contributed by atoms with Gasteiger partial charge in [0, 0.05) is 57.7 Å². The number of nitrogens with zero attached hydrogens (tertiary/aromatic N) is 2. The van der Waals surface area contributed by atoms with Crippen LogP contribution in [-0.2, 0) is 23.7 Å². The summed E-state index contributed by atoms with van der Waals surface area (Å²) in [6.45, 7) is 26.6. The fraction of sp³-hybridized carbons (Fsp3) is 0.977. The monoisotopic (exact) mass is 731 g/mol. The van der Waals surface area contributed by atoms with Crippen molar-refractivity contribution in [3.63, 3.8) is 0 Å². The van der Waals surface area contributed by atoms with Crippen LogP contribution in [0.5, 0.6) is 0 Å². The molecule has 2 aliphatic heterocycles. The predicted octanol–water partition coefficient (Wildman–Crippen LogP) is 6.28. The molecule has 2 saturated heterocycles. The first-order valence-electron chi connectivity index (χ1n) is 21.1. The lowest BCUT2D eigenvalue weighted by Crippen LogP contribution is -2.64. The Morgan fingerprint density at radius 3 is 2.29 bits per heavy atom. The maximum absolute atomic E-state index is 12.3. The molecule has 0 aromatic carbocycles. The molecule has 0 aromatic rings. The summed E-state index contributed by atoms with van der Waals surface area (Å²) in [4.78, 5) is 17.2. The number of fused-ring (bicyclic) bond motifs is 2. The van der Waals surface area contributed by atoms with Crippen molar-refractivity contribution in [2.45, 2.75) is 175 Å². The average Bonchev–Trinajstić information content (AvgIpc) is 3.65. The smallest absolute Gasteiger partial charge is 0.303 e. The molecule has 2 heterocycles. The van der Waals surface area contributed by atoms with E-state index in [-0.39, 0.29) is 40.7 Å². The SMILES string of the molecule is COC(C[C@@H](C)[C@H]1C[C@H](O)[C@@]2(C)C3CC[C@H]4C(C)(C)[C@@H](O[C@H]5CN(C6CN(C(C)C)C6)CCO5)CC[C@@]45CC35CC[C@]12C)[C@H](OC(C)=O)C(C)(C)O. The maximum Gasteiger partial charge on any atom is 0.303 e. The molecule has 7 fully saturated rings. The second-order valence-electron chi connectivity index (χ2n) is 20.9. The number of hydrogen-bond donors (Lipinski definition) is 2. The molecule has 0 aromatic heterocycles. The van der Waals surface area contributed by atoms with Crippen molar-refractivity contribution in [3.8, 4) is 0 Å². The van der Waals surface area contributed by atoms with Crippen molar-refractivity contribution < 1.29 is 34.0 Å². The van der Waals surface area contributed by atoms with Crippen LogP contribution in [0, 0.1) is 50.7 Å². The van der Waals surface area contributed by atoms with E-state index in [2.05, 4.69) is 58.3 Å². The number of methoxy groups -OCH3 is 1. The zero-order valence-electron chi connectivity index (χ0n) is 34.6. The van der Waals surface area contributed by atoms with E-state index < -0.39 is 23.8 Å². The first-order chi connectivity index (χ1) is 24.2. The van der Waals surface area contributed by atoms with Crippen molar-refractivity contribution in [3.05, 3.63) is 0 Å². The molecular formula is C43H74N2O7. The summed E-state index contributed by atoms with van der Waals surface area (Å²) < 4.78 is 24.9. The highest BCUT2D eigenvalue weighted by atomic mass is 16.7. The van der Waals surface area contributed by atoms with E-state index in [1.807, 2.05) is 0 Å². The van der Waals surface area contributed by atoms with Crippen LogP contribution in [0.2, 0.25) is 0 Å². The van der Waals surface area contributed by atoms with E-state index in [4.69, 9.17) is 18.9 Å². The van der Waals surface area contributed by atoms with Crippen LogP contribution in [0.15, 0.2) is 0 Å². The molecule has 0 amide bonds. The summed E-state index contributed by atoms with van der Waals surface area (Å²) >= 11 is 0. The topological polar surface area (TPSA) is 101 Å². The highest BCUT2D eigenvalue weighted by molar-refractivity contribution is 5.66. The molecule has 9 heteroatoms. The normalized spacial score (nSPS) is 45.2. The van der Waals surface area contributed by atoms with E-state index in [0.29, 0.717) is 47.1 Å². The van der Waals surface area contributed by atoms with Gasteiger partial charge in [-0.2, -0.15) is 0 Å². The van der Waals surface area contributed by atoms with Crippen molar-refractivity contribution in [1.29, 1.82) is 0 Å². The third kappa shape index (κ3) is 5.90. The molecular weight excluding hydrogens is 656 g/mol. The van der Waals surface area contributed by atoms with Crippen molar-refractivity contribution >= 4 is 5.97 Å². The van der Waals surface area contributed by atoms with Crippen LogP contribution >= 0.6 is 0 Å². The Balaban J connectivity index is 1.04. The largest absolute Gasteiger partial charge is 0.457 e. The van der Waals surface area contributed by atoms with Crippen LogP contribution in [-0.4, -0.2) is 114 Å². The van der Waals surface area contributed by atoms with Gasteiger partial charge in [-0.1, -0.05) is 34.6 Å². The molecule has 5 aliphatic carbocycles. The van der Waals surface area contributed by atoms with Crippen LogP contribution in [0.25, 0.3) is 0 Å². The molecule has 7 aliphatic rings. The minimum Gasteiger partial charge on any atom is -0.457 e. The molecule has 7 rings (SSSR count). The van der Waals surface area contributed by atoms with Gasteiger partial charge < -0.3 is 29.2 Å². The average molecular weight is 731 g/mol. The van der Waals surface area contributed by atoms with Gasteiger partial charge in [0.05, 0.1) is 30.5 Å². The summed E-state index contributed by atoms with van der Waals surface area (Å²) in [7, 11) is 1.65. The molecule has 298 valence electrons. The quantitative estimate of drug-likeness (QED) is 0.238. The highest BCUT2D eigenvalue weighted by Crippen LogP contribution is 2.89. The van der Waals surface area contributed by atoms with Gasteiger partial charge >= 0.3 is 5.97 Å². The molecule has 52 heavy (non-hydrogen) atoms. The first-order valence-corrected chi connectivity index (χ1v) is 21.1. The minimum absolute atomic E-state index is 0.00498. The highest BCUT2D eigenvalue weighted by Gasteiger charge is 2.83. The van der Waals surface area contributed by atoms with Crippen molar-refractivity contribution in [2.75, 3.05) is 39.9 Å². The summed E-state index contributed by atoms with van der Waals surface area (Å²) in [6.07, 6.45) is 8.42. The van der Waals surface area contributed by atoms with Gasteiger partial charge in [-0.15, -0.1) is 0 Å². The Hall–Kier alpha value is -0.810. The summed E-state index contributed by atoms with van der Waals surface area (Å²) in [5.41, 5.74) is -0.657. The summed E-state index contributed by atoms with van der Waals surface area (Å²) in [5.74, 6) is 1.28. The zero-order valence-corrected chi connectivity index (χ0v) is 34.6. The van der Waals surface area contributed by atoms with Gasteiger partial charge in [0.15, 0.2) is 12.4 Å². The number of hydrogen-bond acceptors (Lipinski definition) is 9. The van der Waals surface area contributed by atoms with Crippen LogP contribution in [0.3, 0.4) is 0 Å². The molecule has 5 saturated carbocycles. The minimum atomic E-state index is -1.23. The number of carbonyl (C=O) groups is 1. The molecule has 2 spiro atoms. The number of rotatable bonds is 11. The van der Waals surface area contributed by atoms with E-state index in [1.165, 1.54) is 39.0 Å². The second kappa shape index (κ2) is 13.4. The number of esters is 1. The number of morpholine rings is 1. The lowest BCUT2D eigenvalue weighted by Gasteiger charge is -2.64. The molecule has 0 bridgehead atoms. The van der Waals surface area contributed by atoms with Gasteiger partial charge in [-0.05, 0) is 131 Å². The Bertz CT molecular complexity index is 1330. The second-order valence-corrected chi connectivity index (χ2v) is 20.9. The Labute approximate surface area is 315 Å². The first kappa shape index (κ1) is 39.4. The van der Waals surface area contributed by atoms with Crippen LogP contribution in [0.4, 0.5) is 0 Å². The van der Waals surface area contributed by atoms with Gasteiger partial charge in [0.2, 0.25) is 0 Å². The van der Waals surface area contributed by atoms with Gasteiger partial charge in [-0.3, -0.25) is 14.6 Å². The third-order valence-electron chi connectivity index (χ3n) is 17.6. The molecule has 9 nitrogen and oxygen atoms in total. The fourth-order valence-electron chi connectivity index (χ4n) is 14.6. The Morgan fingerprint density at radius 2 is 1.65 bits per heavy atom. The third-order valence-corrected chi connectivity index (χ3v) is 17.6. The number of likely N-dealkylation sites (tertiary alicyclic amines) is 1. The Kier molecular flexibility index (Phi) is 10.2. The number of ether oxygens (including phenoxy) is 4. The standard InChI is InChI=1S/C43H74N2O7/c1-26(2)45-22-29(23-45)44-18-19-50-36(24-44)52-35-14-15-42-25-43(42)17-16-40(9)30(27(3)20-31(49-11)37(39(7,8)48)51-28(4)46)21-34(47)41(40,10)33(43)13-12-32(42)38(35,5)6/h26-27,29-37,47-48H,12-25H2,1-11H3/t27-,30-,31?,32+,33?,34+,35+,36+,37+,40-,41-,42-,43?/m1/s1. The van der Waals surface area contributed by atoms with Gasteiger partial charge in [-0.25, -0.2) is 0 Å². The van der Waals surface area contributed by atoms with E-state index >= 15 is 0 Å². The molecule has 2 N–H and O–H groups in total. The van der Waals surface area contributed by atoms with E-state index in [0.717, 1.165) is 52.0 Å². The lowest BCUT2D eigenvalue weighted by atomic mass is 9.41. The van der Waals surface area contributed by atoms with Crippen molar-refractivity contribution in [2.24, 2.45) is 50.7 Å². The van der Waals surface area contributed by atoms with Crippen molar-refractivity contribution in [1.82, 2.24) is 9.80 Å². The van der Waals surface area contributed by atoms with Gasteiger partial charge in [0.1, 0.15) is 0 Å². The molecule has 13 atom stereocenters. The summed E-state index contributed by atoms with van der Waals surface area (Å²) in [6, 6.07) is 1.24. The molecule has 3 unspecified atom stereocenters. The fourth-order valence-corrected chi connectivity index (χ4v) is 14.6. The number of carbonyl (C=O) groups excluding carboxylic acids is 1. The molecule has 0 radical (unpaired) electrons. The van der Waals surface area contributed by atoms with E-state index in [1.54, 1.807) is 21.0 Å². The lowest BCUT2D eigenvalue weighted by molar-refractivity contribution is -0.253. The summed E-state index contributed by atoms with van der Waals surface area (Å²) in [5, 5.41) is 23.2. The zero-order chi connectivity index (χ0) is 37.8. The van der Waals surface area contributed by atoms with Crippen LogP contribution < -0.4 is 0 Å². The Morgan fingerprint density at radius 1 is 0.981 bits per heavy atom. The van der Waals surface area contributed by atoms with E-state index in [9.17, 15) is 15.0 Å². The van der Waals surface area contributed by atoms with Crippen LogP contribution in [0.1, 0.15) is 127 Å². The number of aliphatic hydroxyl groups is 2. The maximum atomic E-state index is 12.3. The number of aliphatic hydroxyl groups excluding tert-OH is 1. The van der Waals surface area contributed by atoms with Gasteiger partial charge in [0.25, 0.3) is 0 Å².